The minimum absolute atomic E-state index is 0.140. The van der Waals surface area contributed by atoms with Gasteiger partial charge >= 0.3 is 0 Å². The maximum absolute atomic E-state index is 12.7. The van der Waals surface area contributed by atoms with Crippen LogP contribution < -0.4 is 15.8 Å². The van der Waals surface area contributed by atoms with E-state index in [2.05, 4.69) is 5.32 Å². The highest BCUT2D eigenvalue weighted by atomic mass is 35.5. The van der Waals surface area contributed by atoms with Gasteiger partial charge in [0.05, 0.1) is 22.5 Å². The molecule has 0 atom stereocenters. The summed E-state index contributed by atoms with van der Waals surface area (Å²) >= 11 is 11.1. The van der Waals surface area contributed by atoms with Crippen LogP contribution in [-0.4, -0.2) is 18.0 Å². The lowest BCUT2D eigenvalue weighted by atomic mass is 9.73. The van der Waals surface area contributed by atoms with E-state index in [1.165, 1.54) is 7.11 Å². The van der Waals surface area contributed by atoms with Crippen molar-refractivity contribution in [2.45, 2.75) is 32.1 Å². The van der Waals surface area contributed by atoms with Gasteiger partial charge in [-0.15, -0.1) is 0 Å². The first kappa shape index (κ1) is 16.0. The smallest absolute Gasteiger partial charge is 0.237 e. The summed E-state index contributed by atoms with van der Waals surface area (Å²) in [6.45, 7) is 0. The number of nitrogens with one attached hydrogen (secondary N) is 1. The Morgan fingerprint density at radius 1 is 1.38 bits per heavy atom. The van der Waals surface area contributed by atoms with Crippen LogP contribution in [0.4, 0.5) is 5.69 Å². The number of carbonyl (C=O) groups is 1. The van der Waals surface area contributed by atoms with Gasteiger partial charge in [-0.3, -0.25) is 4.79 Å². The molecule has 0 heterocycles. The first-order valence-electron chi connectivity index (χ1n) is 6.94. The van der Waals surface area contributed by atoms with Crippen molar-refractivity contribution in [3.63, 3.8) is 0 Å². The molecule has 1 amide bonds. The molecule has 0 radical (unpaired) electrons. The van der Waals surface area contributed by atoms with Crippen LogP contribution in [0, 0.1) is 5.41 Å². The lowest BCUT2D eigenvalue weighted by molar-refractivity contribution is -0.123. The zero-order valence-corrected chi connectivity index (χ0v) is 13.5. The number of thiocarbonyl (C=S) groups is 1. The van der Waals surface area contributed by atoms with Crippen molar-refractivity contribution in [1.29, 1.82) is 0 Å². The fourth-order valence-electron chi connectivity index (χ4n) is 2.73. The van der Waals surface area contributed by atoms with Crippen LogP contribution in [0.3, 0.4) is 0 Å². The minimum atomic E-state index is -0.736. The van der Waals surface area contributed by atoms with Crippen molar-refractivity contribution < 1.29 is 9.53 Å². The van der Waals surface area contributed by atoms with E-state index < -0.39 is 5.41 Å². The van der Waals surface area contributed by atoms with Crippen LogP contribution in [0.15, 0.2) is 18.2 Å². The SMILES string of the molecule is COc1cc(NC(=O)C2(C(N)=S)CCCCC2)ccc1Cl. The van der Waals surface area contributed by atoms with Crippen molar-refractivity contribution in [2.24, 2.45) is 11.1 Å². The Morgan fingerprint density at radius 3 is 2.62 bits per heavy atom. The molecule has 0 bridgehead atoms. The summed E-state index contributed by atoms with van der Waals surface area (Å²) in [4.78, 5) is 12.9. The van der Waals surface area contributed by atoms with Crippen LogP contribution in [0.25, 0.3) is 0 Å². The van der Waals surface area contributed by atoms with Crippen molar-refractivity contribution in [1.82, 2.24) is 0 Å². The zero-order chi connectivity index (χ0) is 15.5. The monoisotopic (exact) mass is 326 g/mol. The number of hydrogen-bond acceptors (Lipinski definition) is 3. The largest absolute Gasteiger partial charge is 0.495 e. The van der Waals surface area contributed by atoms with Gasteiger partial charge in [0, 0.05) is 11.8 Å². The quantitative estimate of drug-likeness (QED) is 0.831. The Balaban J connectivity index is 2.21. The maximum atomic E-state index is 12.7. The summed E-state index contributed by atoms with van der Waals surface area (Å²) in [5, 5.41) is 3.39. The van der Waals surface area contributed by atoms with Crippen molar-refractivity contribution in [3.05, 3.63) is 23.2 Å². The lowest BCUT2D eigenvalue weighted by Gasteiger charge is -2.34. The molecule has 0 unspecified atom stereocenters. The number of methoxy groups -OCH3 is 1. The number of nitrogens with two attached hydrogens (primary N) is 1. The van der Waals surface area contributed by atoms with Gasteiger partial charge in [0.25, 0.3) is 0 Å². The summed E-state index contributed by atoms with van der Waals surface area (Å²) < 4.78 is 5.15. The average molecular weight is 327 g/mol. The van der Waals surface area contributed by atoms with Gasteiger partial charge in [0.1, 0.15) is 5.75 Å². The first-order valence-corrected chi connectivity index (χ1v) is 7.73. The number of halogens is 1. The Bertz CT molecular complexity index is 557. The van der Waals surface area contributed by atoms with E-state index in [4.69, 9.17) is 34.3 Å². The second-order valence-electron chi connectivity index (χ2n) is 5.31. The molecule has 0 spiro atoms. The third kappa shape index (κ3) is 3.30. The third-order valence-corrected chi connectivity index (χ3v) is 4.73. The van der Waals surface area contributed by atoms with E-state index in [1.807, 2.05) is 0 Å². The molecule has 0 saturated heterocycles. The Morgan fingerprint density at radius 2 is 2.05 bits per heavy atom. The number of hydrogen-bond donors (Lipinski definition) is 2. The summed E-state index contributed by atoms with van der Waals surface area (Å²) in [7, 11) is 1.53. The number of carbonyl (C=O) groups excluding carboxylic acids is 1. The molecule has 1 aromatic carbocycles. The number of ether oxygens (including phenoxy) is 1. The van der Waals surface area contributed by atoms with Crippen LogP contribution in [-0.2, 0) is 4.79 Å². The fourth-order valence-corrected chi connectivity index (χ4v) is 3.22. The molecule has 1 aromatic rings. The predicted octanol–water partition coefficient (Wildman–Crippen LogP) is 3.52. The van der Waals surface area contributed by atoms with E-state index in [1.54, 1.807) is 18.2 Å². The molecule has 2 rings (SSSR count). The molecule has 1 saturated carbocycles. The highest BCUT2D eigenvalue weighted by molar-refractivity contribution is 7.80. The Hall–Kier alpha value is -1.33. The molecule has 1 aliphatic rings. The van der Waals surface area contributed by atoms with Crippen molar-refractivity contribution in [3.8, 4) is 5.75 Å². The number of benzene rings is 1. The summed E-state index contributed by atoms with van der Waals surface area (Å²) in [6, 6.07) is 5.11. The highest BCUT2D eigenvalue weighted by Crippen LogP contribution is 2.38. The van der Waals surface area contributed by atoms with Crippen LogP contribution in [0.1, 0.15) is 32.1 Å². The second kappa shape index (κ2) is 6.62. The van der Waals surface area contributed by atoms with E-state index >= 15 is 0 Å². The molecule has 114 valence electrons. The van der Waals surface area contributed by atoms with Gasteiger partial charge in [-0.05, 0) is 25.0 Å². The first-order chi connectivity index (χ1) is 9.99. The maximum Gasteiger partial charge on any atom is 0.237 e. The van der Waals surface area contributed by atoms with Crippen LogP contribution in [0.5, 0.6) is 5.75 Å². The average Bonchev–Trinajstić information content (AvgIpc) is 2.49. The molecule has 21 heavy (non-hydrogen) atoms. The van der Waals surface area contributed by atoms with Crippen molar-refractivity contribution >= 4 is 40.4 Å². The van der Waals surface area contributed by atoms with Gasteiger partial charge in [-0.1, -0.05) is 43.1 Å². The summed E-state index contributed by atoms with van der Waals surface area (Å²) in [5.41, 5.74) is 5.75. The predicted molar refractivity (Wildman–Crippen MR) is 88.9 cm³/mol. The summed E-state index contributed by atoms with van der Waals surface area (Å²) in [5.74, 6) is 0.376. The lowest BCUT2D eigenvalue weighted by Crippen LogP contribution is -2.47. The molecule has 3 N–H and O–H groups in total. The topological polar surface area (TPSA) is 64.3 Å². The summed E-state index contributed by atoms with van der Waals surface area (Å²) in [6.07, 6.45) is 4.47. The molecular weight excluding hydrogens is 308 g/mol. The molecule has 0 aliphatic heterocycles. The number of rotatable bonds is 4. The highest BCUT2D eigenvalue weighted by Gasteiger charge is 2.42. The molecule has 0 aromatic heterocycles. The van der Waals surface area contributed by atoms with E-state index in [0.29, 0.717) is 29.3 Å². The van der Waals surface area contributed by atoms with Gasteiger partial charge in [-0.25, -0.2) is 0 Å². The number of amides is 1. The normalized spacial score (nSPS) is 17.0. The second-order valence-corrected chi connectivity index (χ2v) is 6.16. The fraction of sp³-hybridized carbons (Fsp3) is 0.467. The van der Waals surface area contributed by atoms with Gasteiger partial charge < -0.3 is 15.8 Å². The molecule has 6 heteroatoms. The molecule has 1 aliphatic carbocycles. The Labute approximate surface area is 135 Å². The minimum Gasteiger partial charge on any atom is -0.495 e. The zero-order valence-electron chi connectivity index (χ0n) is 11.9. The van der Waals surface area contributed by atoms with Gasteiger partial charge in [-0.2, -0.15) is 0 Å². The molecule has 1 fully saturated rings. The van der Waals surface area contributed by atoms with Crippen LogP contribution >= 0.6 is 23.8 Å². The van der Waals surface area contributed by atoms with Gasteiger partial charge in [0.2, 0.25) is 5.91 Å². The van der Waals surface area contributed by atoms with Crippen molar-refractivity contribution in [2.75, 3.05) is 12.4 Å². The van der Waals surface area contributed by atoms with Crippen LogP contribution in [0.2, 0.25) is 5.02 Å². The third-order valence-electron chi connectivity index (χ3n) is 4.02. The van der Waals surface area contributed by atoms with E-state index in [9.17, 15) is 4.79 Å². The standard InChI is InChI=1S/C15H19ClN2O2S/c1-20-12-9-10(5-6-11(12)16)18-14(19)15(13(17)21)7-3-2-4-8-15/h5-6,9H,2-4,7-8H2,1H3,(H2,17,21)(H,18,19). The van der Waals surface area contributed by atoms with E-state index in [-0.39, 0.29) is 10.9 Å². The molecular formula is C15H19ClN2O2S. The Kier molecular flexibility index (Phi) is 5.06. The number of anilines is 1. The molecule has 4 nitrogen and oxygen atoms in total. The van der Waals surface area contributed by atoms with E-state index in [0.717, 1.165) is 19.3 Å². The van der Waals surface area contributed by atoms with Gasteiger partial charge in [0.15, 0.2) is 0 Å².